The lowest BCUT2D eigenvalue weighted by Crippen LogP contribution is -2.30. The minimum absolute atomic E-state index is 0.743. The van der Waals surface area contributed by atoms with Crippen molar-refractivity contribution < 1.29 is 0 Å². The van der Waals surface area contributed by atoms with Crippen LogP contribution >= 0.6 is 12.2 Å². The molecule has 0 radical (unpaired) electrons. The zero-order valence-electron chi connectivity index (χ0n) is 13.3. The SMILES string of the molecule is CCCCNC(=S)Nc1c(CC)cc(CC)cc1CC. The summed E-state index contributed by atoms with van der Waals surface area (Å²) < 4.78 is 0. The summed E-state index contributed by atoms with van der Waals surface area (Å²) in [4.78, 5) is 0. The van der Waals surface area contributed by atoms with Gasteiger partial charge in [0.1, 0.15) is 0 Å². The summed E-state index contributed by atoms with van der Waals surface area (Å²) >= 11 is 5.40. The van der Waals surface area contributed by atoms with Crippen LogP contribution in [0.3, 0.4) is 0 Å². The van der Waals surface area contributed by atoms with Crippen LogP contribution in [0.4, 0.5) is 5.69 Å². The van der Waals surface area contributed by atoms with E-state index in [1.807, 2.05) is 0 Å². The van der Waals surface area contributed by atoms with Gasteiger partial charge in [-0.05, 0) is 54.6 Å². The smallest absolute Gasteiger partial charge is 0.170 e. The molecule has 1 aromatic carbocycles. The second-order valence-electron chi connectivity index (χ2n) is 5.08. The minimum atomic E-state index is 0.743. The van der Waals surface area contributed by atoms with Crippen molar-refractivity contribution in [3.8, 4) is 0 Å². The summed E-state index contributed by atoms with van der Waals surface area (Å²) in [5.41, 5.74) is 5.34. The molecule has 2 N–H and O–H groups in total. The number of anilines is 1. The molecule has 0 amide bonds. The van der Waals surface area contributed by atoms with Gasteiger partial charge < -0.3 is 10.6 Å². The molecular formula is C17H28N2S. The maximum atomic E-state index is 5.40. The quantitative estimate of drug-likeness (QED) is 0.573. The first kappa shape index (κ1) is 17.0. The highest BCUT2D eigenvalue weighted by Gasteiger charge is 2.09. The van der Waals surface area contributed by atoms with Crippen molar-refractivity contribution in [3.63, 3.8) is 0 Å². The number of aryl methyl sites for hydroxylation is 3. The third-order valence-corrected chi connectivity index (χ3v) is 3.83. The molecule has 0 unspecified atom stereocenters. The van der Waals surface area contributed by atoms with Crippen LogP contribution in [-0.2, 0) is 19.3 Å². The fourth-order valence-electron chi connectivity index (χ4n) is 2.30. The Morgan fingerprint density at radius 3 is 2.05 bits per heavy atom. The standard InChI is InChI=1S/C17H28N2S/c1-5-9-10-18-17(20)19-16-14(7-3)11-13(6-2)12-15(16)8-4/h11-12H,5-10H2,1-4H3,(H2,18,19,20). The summed E-state index contributed by atoms with van der Waals surface area (Å²) in [7, 11) is 0. The first-order chi connectivity index (χ1) is 9.65. The highest BCUT2D eigenvalue weighted by atomic mass is 32.1. The Hall–Kier alpha value is -1.09. The Bertz CT molecular complexity index is 416. The molecule has 0 saturated heterocycles. The van der Waals surface area contributed by atoms with E-state index in [2.05, 4.69) is 50.5 Å². The molecule has 2 nitrogen and oxygen atoms in total. The zero-order valence-corrected chi connectivity index (χ0v) is 14.1. The molecule has 0 heterocycles. The number of rotatable bonds is 7. The number of benzene rings is 1. The molecular weight excluding hydrogens is 264 g/mol. The topological polar surface area (TPSA) is 24.1 Å². The van der Waals surface area contributed by atoms with Gasteiger partial charge >= 0.3 is 0 Å². The molecule has 0 bridgehead atoms. The Balaban J connectivity index is 2.89. The van der Waals surface area contributed by atoms with Gasteiger partial charge in [-0.25, -0.2) is 0 Å². The third-order valence-electron chi connectivity index (χ3n) is 3.59. The van der Waals surface area contributed by atoms with E-state index in [0.29, 0.717) is 0 Å². The van der Waals surface area contributed by atoms with Gasteiger partial charge in [0.05, 0.1) is 0 Å². The van der Waals surface area contributed by atoms with E-state index in [1.54, 1.807) is 0 Å². The van der Waals surface area contributed by atoms with Crippen molar-refractivity contribution in [1.29, 1.82) is 0 Å². The van der Waals surface area contributed by atoms with E-state index in [9.17, 15) is 0 Å². The van der Waals surface area contributed by atoms with E-state index in [4.69, 9.17) is 12.2 Å². The van der Waals surface area contributed by atoms with Crippen LogP contribution in [0.1, 0.15) is 57.2 Å². The lowest BCUT2D eigenvalue weighted by molar-refractivity contribution is 0.758. The lowest BCUT2D eigenvalue weighted by Gasteiger charge is -2.18. The summed E-state index contributed by atoms with van der Waals surface area (Å²) in [5.74, 6) is 0. The fraction of sp³-hybridized carbons (Fsp3) is 0.588. The normalized spacial score (nSPS) is 10.4. The second kappa shape index (κ2) is 8.96. The molecule has 1 rings (SSSR count). The molecule has 112 valence electrons. The molecule has 0 aliphatic carbocycles. The number of unbranched alkanes of at least 4 members (excludes halogenated alkanes) is 1. The first-order valence-corrected chi connectivity index (χ1v) is 8.26. The van der Waals surface area contributed by atoms with Crippen LogP contribution in [0.5, 0.6) is 0 Å². The highest BCUT2D eigenvalue weighted by Crippen LogP contribution is 2.25. The maximum absolute atomic E-state index is 5.40. The van der Waals surface area contributed by atoms with Gasteiger partial charge in [-0.15, -0.1) is 0 Å². The lowest BCUT2D eigenvalue weighted by atomic mass is 9.98. The summed E-state index contributed by atoms with van der Waals surface area (Å²) in [6.45, 7) is 9.74. The molecule has 0 fully saturated rings. The van der Waals surface area contributed by atoms with Crippen LogP contribution in [0, 0.1) is 0 Å². The van der Waals surface area contributed by atoms with E-state index in [0.717, 1.165) is 37.3 Å². The average molecular weight is 292 g/mol. The molecule has 0 aromatic heterocycles. The van der Waals surface area contributed by atoms with Crippen LogP contribution in [0.2, 0.25) is 0 Å². The summed E-state index contributed by atoms with van der Waals surface area (Å²) in [6, 6.07) is 4.60. The van der Waals surface area contributed by atoms with Crippen molar-refractivity contribution >= 4 is 23.0 Å². The Morgan fingerprint density at radius 1 is 1.00 bits per heavy atom. The van der Waals surface area contributed by atoms with Crippen molar-refractivity contribution in [2.75, 3.05) is 11.9 Å². The first-order valence-electron chi connectivity index (χ1n) is 7.85. The van der Waals surface area contributed by atoms with Crippen LogP contribution in [0.15, 0.2) is 12.1 Å². The van der Waals surface area contributed by atoms with Crippen LogP contribution in [-0.4, -0.2) is 11.7 Å². The monoisotopic (exact) mass is 292 g/mol. The van der Waals surface area contributed by atoms with Crippen molar-refractivity contribution in [2.24, 2.45) is 0 Å². The predicted octanol–water partition coefficient (Wildman–Crippen LogP) is 4.46. The molecule has 20 heavy (non-hydrogen) atoms. The van der Waals surface area contributed by atoms with Gasteiger partial charge in [-0.2, -0.15) is 0 Å². The van der Waals surface area contributed by atoms with Crippen LogP contribution < -0.4 is 10.6 Å². The highest BCUT2D eigenvalue weighted by molar-refractivity contribution is 7.80. The average Bonchev–Trinajstić information content (AvgIpc) is 2.47. The molecule has 0 aliphatic heterocycles. The molecule has 0 spiro atoms. The van der Waals surface area contributed by atoms with Crippen molar-refractivity contribution in [3.05, 3.63) is 28.8 Å². The Labute approximate surface area is 129 Å². The minimum Gasteiger partial charge on any atom is -0.362 e. The zero-order chi connectivity index (χ0) is 15.0. The molecule has 3 heteroatoms. The van der Waals surface area contributed by atoms with Gasteiger partial charge in [0.25, 0.3) is 0 Å². The Kier molecular flexibility index (Phi) is 7.60. The predicted molar refractivity (Wildman–Crippen MR) is 93.7 cm³/mol. The molecule has 1 aromatic rings. The fourth-order valence-corrected chi connectivity index (χ4v) is 2.50. The van der Waals surface area contributed by atoms with Crippen LogP contribution in [0.25, 0.3) is 0 Å². The van der Waals surface area contributed by atoms with Gasteiger partial charge in [-0.3, -0.25) is 0 Å². The van der Waals surface area contributed by atoms with Gasteiger partial charge in [-0.1, -0.05) is 46.2 Å². The maximum Gasteiger partial charge on any atom is 0.170 e. The molecule has 0 aliphatic rings. The van der Waals surface area contributed by atoms with E-state index in [-0.39, 0.29) is 0 Å². The summed E-state index contributed by atoms with van der Waals surface area (Å²) in [5, 5.41) is 7.44. The van der Waals surface area contributed by atoms with E-state index in [1.165, 1.54) is 28.8 Å². The number of hydrogen-bond donors (Lipinski definition) is 2. The third kappa shape index (κ3) is 4.78. The molecule has 0 atom stereocenters. The van der Waals surface area contributed by atoms with Gasteiger partial charge in [0, 0.05) is 12.2 Å². The van der Waals surface area contributed by atoms with Gasteiger partial charge in [0.15, 0.2) is 5.11 Å². The van der Waals surface area contributed by atoms with E-state index >= 15 is 0 Å². The number of hydrogen-bond acceptors (Lipinski definition) is 1. The second-order valence-corrected chi connectivity index (χ2v) is 5.49. The van der Waals surface area contributed by atoms with Crippen molar-refractivity contribution in [1.82, 2.24) is 5.32 Å². The van der Waals surface area contributed by atoms with E-state index < -0.39 is 0 Å². The van der Waals surface area contributed by atoms with Gasteiger partial charge in [0.2, 0.25) is 0 Å². The number of thiocarbonyl (C=S) groups is 1. The Morgan fingerprint density at radius 2 is 1.60 bits per heavy atom. The van der Waals surface area contributed by atoms with Crippen molar-refractivity contribution in [2.45, 2.75) is 59.8 Å². The summed E-state index contributed by atoms with van der Waals surface area (Å²) in [6.07, 6.45) is 5.47. The molecule has 0 saturated carbocycles. The largest absolute Gasteiger partial charge is 0.362 e. The number of nitrogens with one attached hydrogen (secondary N) is 2.